The largest absolute Gasteiger partial charge is 0.356 e. The predicted molar refractivity (Wildman–Crippen MR) is 99.8 cm³/mol. The molecule has 142 valence electrons. The van der Waals surface area contributed by atoms with Crippen LogP contribution in [0.15, 0.2) is 23.0 Å². The molecule has 3 rings (SSSR count). The molecule has 0 bridgehead atoms. The van der Waals surface area contributed by atoms with Crippen molar-refractivity contribution < 1.29 is 9.59 Å². The number of hydrogen-bond acceptors (Lipinski definition) is 3. The molecule has 1 aromatic heterocycles. The molecule has 6 nitrogen and oxygen atoms in total. The number of carbonyl (C=O) groups excluding carboxylic acids is 2. The maximum absolute atomic E-state index is 12.5. The van der Waals surface area contributed by atoms with Crippen molar-refractivity contribution in [2.45, 2.75) is 64.5 Å². The first-order valence-corrected chi connectivity index (χ1v) is 9.80. The molecule has 1 saturated carbocycles. The maximum atomic E-state index is 12.5. The number of carbonyl (C=O) groups is 2. The van der Waals surface area contributed by atoms with E-state index in [0.29, 0.717) is 44.9 Å². The van der Waals surface area contributed by atoms with Crippen molar-refractivity contribution in [3.05, 3.63) is 34.2 Å². The van der Waals surface area contributed by atoms with Crippen molar-refractivity contribution in [3.63, 3.8) is 0 Å². The van der Waals surface area contributed by atoms with E-state index in [1.807, 2.05) is 17.9 Å². The third-order valence-corrected chi connectivity index (χ3v) is 5.71. The molecule has 2 heterocycles. The minimum absolute atomic E-state index is 0.00525. The first-order valence-electron chi connectivity index (χ1n) is 9.80. The van der Waals surface area contributed by atoms with E-state index in [1.54, 1.807) is 16.7 Å². The molecule has 0 aromatic carbocycles. The van der Waals surface area contributed by atoms with Crippen molar-refractivity contribution in [3.8, 4) is 0 Å². The normalized spacial score (nSPS) is 21.2. The van der Waals surface area contributed by atoms with E-state index in [-0.39, 0.29) is 23.3 Å². The van der Waals surface area contributed by atoms with Crippen molar-refractivity contribution in [1.82, 2.24) is 14.8 Å². The third kappa shape index (κ3) is 4.34. The zero-order valence-corrected chi connectivity index (χ0v) is 15.6. The second-order valence-corrected chi connectivity index (χ2v) is 7.52. The van der Waals surface area contributed by atoms with Crippen molar-refractivity contribution in [1.29, 1.82) is 0 Å². The van der Waals surface area contributed by atoms with Crippen LogP contribution in [0.5, 0.6) is 0 Å². The van der Waals surface area contributed by atoms with E-state index in [1.165, 1.54) is 12.8 Å². The summed E-state index contributed by atoms with van der Waals surface area (Å²) in [7, 11) is 0. The lowest BCUT2D eigenvalue weighted by atomic mass is 9.95. The Balaban J connectivity index is 1.46. The van der Waals surface area contributed by atoms with Crippen LogP contribution in [0.3, 0.4) is 0 Å². The van der Waals surface area contributed by atoms with Gasteiger partial charge in [0.15, 0.2) is 0 Å². The highest BCUT2D eigenvalue weighted by Gasteiger charge is 2.34. The van der Waals surface area contributed by atoms with E-state index in [2.05, 4.69) is 5.32 Å². The fraction of sp³-hybridized carbons (Fsp3) is 0.650. The quantitative estimate of drug-likeness (QED) is 0.788. The second-order valence-electron chi connectivity index (χ2n) is 7.52. The fourth-order valence-corrected chi connectivity index (χ4v) is 4.16. The summed E-state index contributed by atoms with van der Waals surface area (Å²) >= 11 is 0. The molecule has 0 unspecified atom stereocenters. The van der Waals surface area contributed by atoms with Gasteiger partial charge in [0.1, 0.15) is 0 Å². The van der Waals surface area contributed by atoms with Gasteiger partial charge in [-0.1, -0.05) is 18.9 Å². The minimum atomic E-state index is -0.102. The van der Waals surface area contributed by atoms with Crippen LogP contribution in [0.2, 0.25) is 0 Å². The van der Waals surface area contributed by atoms with Gasteiger partial charge >= 0.3 is 0 Å². The summed E-state index contributed by atoms with van der Waals surface area (Å²) in [5.74, 6) is 0.145. The van der Waals surface area contributed by atoms with Crippen LogP contribution in [0, 0.1) is 12.8 Å². The Morgan fingerprint density at radius 2 is 1.96 bits per heavy atom. The molecule has 2 aliphatic rings. The molecular weight excluding hydrogens is 330 g/mol. The average molecular weight is 359 g/mol. The van der Waals surface area contributed by atoms with Crippen LogP contribution in [0.25, 0.3) is 0 Å². The molecule has 1 aliphatic heterocycles. The molecule has 0 radical (unpaired) electrons. The number of hydrogen-bond donors (Lipinski definition) is 1. The first kappa shape index (κ1) is 18.7. The monoisotopic (exact) mass is 359 g/mol. The van der Waals surface area contributed by atoms with E-state index >= 15 is 0 Å². The first-order chi connectivity index (χ1) is 12.6. The maximum Gasteiger partial charge on any atom is 0.250 e. The number of amides is 2. The lowest BCUT2D eigenvalue weighted by molar-refractivity contribution is -0.140. The average Bonchev–Trinajstić information content (AvgIpc) is 3.15. The number of aryl methyl sites for hydroxylation is 1. The van der Waals surface area contributed by atoms with Gasteiger partial charge in [0, 0.05) is 43.9 Å². The highest BCUT2D eigenvalue weighted by molar-refractivity contribution is 5.84. The number of rotatable bonds is 6. The Kier molecular flexibility index (Phi) is 6.12. The molecule has 1 N–H and O–H groups in total. The van der Waals surface area contributed by atoms with Crippen LogP contribution in [-0.2, 0) is 16.1 Å². The van der Waals surface area contributed by atoms with E-state index < -0.39 is 0 Å². The highest BCUT2D eigenvalue weighted by Crippen LogP contribution is 2.28. The Morgan fingerprint density at radius 3 is 2.69 bits per heavy atom. The fourth-order valence-electron chi connectivity index (χ4n) is 4.16. The summed E-state index contributed by atoms with van der Waals surface area (Å²) in [6.45, 7) is 3.62. The van der Waals surface area contributed by atoms with Gasteiger partial charge < -0.3 is 14.8 Å². The predicted octanol–water partition coefficient (Wildman–Crippen LogP) is 1.84. The van der Waals surface area contributed by atoms with E-state index in [0.717, 1.165) is 18.5 Å². The number of piperidine rings is 1. The van der Waals surface area contributed by atoms with Gasteiger partial charge in [-0.15, -0.1) is 0 Å². The number of aromatic nitrogens is 1. The molecular formula is C20H29N3O3. The molecule has 6 heteroatoms. The van der Waals surface area contributed by atoms with Gasteiger partial charge in [-0.2, -0.15) is 0 Å². The smallest absolute Gasteiger partial charge is 0.250 e. The Hall–Kier alpha value is -2.11. The molecule has 2 amide bonds. The van der Waals surface area contributed by atoms with E-state index in [9.17, 15) is 14.4 Å². The molecule has 1 atom stereocenters. The second kappa shape index (κ2) is 8.52. The summed E-state index contributed by atoms with van der Waals surface area (Å²) < 4.78 is 1.73. The number of nitrogens with one attached hydrogen (secondary N) is 1. The van der Waals surface area contributed by atoms with Gasteiger partial charge in [-0.25, -0.2) is 0 Å². The molecule has 2 fully saturated rings. The zero-order valence-electron chi connectivity index (χ0n) is 15.6. The summed E-state index contributed by atoms with van der Waals surface area (Å²) in [6, 6.07) is 5.57. The molecule has 1 aliphatic carbocycles. The Morgan fingerprint density at radius 1 is 1.19 bits per heavy atom. The van der Waals surface area contributed by atoms with E-state index in [4.69, 9.17) is 0 Å². The lowest BCUT2D eigenvalue weighted by Gasteiger charge is -2.36. The van der Waals surface area contributed by atoms with Gasteiger partial charge in [-0.3, -0.25) is 14.4 Å². The summed E-state index contributed by atoms with van der Waals surface area (Å²) in [4.78, 5) is 38.5. The standard InChI is InChI=1S/C20H29N3O3/c1-15-6-4-9-18(24)22(15)13-5-12-21-20(26)16-10-11-19(25)23(14-16)17-7-2-3-8-17/h4,6,9,16-17H,2-3,5,7-8,10-14H2,1H3,(H,21,26)/t16-/m1/s1. The Bertz CT molecular complexity index is 706. The topological polar surface area (TPSA) is 71.4 Å². The number of likely N-dealkylation sites (tertiary alicyclic amines) is 1. The van der Waals surface area contributed by atoms with Crippen LogP contribution in [0.4, 0.5) is 0 Å². The van der Waals surface area contributed by atoms with Gasteiger partial charge in [0.25, 0.3) is 5.56 Å². The van der Waals surface area contributed by atoms with Crippen LogP contribution < -0.4 is 10.9 Å². The summed E-state index contributed by atoms with van der Waals surface area (Å²) in [6.07, 6.45) is 6.36. The molecule has 26 heavy (non-hydrogen) atoms. The van der Waals surface area contributed by atoms with Crippen molar-refractivity contribution in [2.75, 3.05) is 13.1 Å². The van der Waals surface area contributed by atoms with Gasteiger partial charge in [0.05, 0.1) is 5.92 Å². The highest BCUT2D eigenvalue weighted by atomic mass is 16.2. The third-order valence-electron chi connectivity index (χ3n) is 5.71. The summed E-state index contributed by atoms with van der Waals surface area (Å²) in [5.41, 5.74) is 0.927. The molecule has 1 saturated heterocycles. The minimum Gasteiger partial charge on any atom is -0.356 e. The number of nitrogens with zero attached hydrogens (tertiary/aromatic N) is 2. The van der Waals surface area contributed by atoms with Crippen LogP contribution in [-0.4, -0.2) is 40.4 Å². The molecule has 0 spiro atoms. The Labute approximate surface area is 154 Å². The van der Waals surface area contributed by atoms with Crippen molar-refractivity contribution in [2.24, 2.45) is 5.92 Å². The van der Waals surface area contributed by atoms with Crippen LogP contribution in [0.1, 0.15) is 50.6 Å². The van der Waals surface area contributed by atoms with Crippen LogP contribution >= 0.6 is 0 Å². The SMILES string of the molecule is Cc1cccc(=O)n1CCCNC(=O)[C@@H]1CCC(=O)N(C2CCCC2)C1. The lowest BCUT2D eigenvalue weighted by Crippen LogP contribution is -2.49. The zero-order chi connectivity index (χ0) is 18.5. The molecule has 1 aromatic rings. The van der Waals surface area contributed by atoms with Crippen molar-refractivity contribution >= 4 is 11.8 Å². The van der Waals surface area contributed by atoms with Gasteiger partial charge in [0.2, 0.25) is 11.8 Å². The summed E-state index contributed by atoms with van der Waals surface area (Å²) in [5, 5.41) is 3.00. The van der Waals surface area contributed by atoms with Gasteiger partial charge in [-0.05, 0) is 38.7 Å². The number of pyridine rings is 1.